The number of amides is 1. The number of aryl methyl sites for hydroxylation is 1. The number of hydrogen-bond donors (Lipinski definition) is 1. The molecule has 0 unspecified atom stereocenters. The molecule has 1 aliphatic rings. The molecule has 0 aromatic heterocycles. The lowest BCUT2D eigenvalue weighted by atomic mass is 9.84. The van der Waals surface area contributed by atoms with Gasteiger partial charge >= 0.3 is 0 Å². The first-order valence-corrected chi connectivity index (χ1v) is 7.99. The molecule has 0 fully saturated rings. The van der Waals surface area contributed by atoms with Gasteiger partial charge in [0.05, 0.1) is 4.90 Å². The van der Waals surface area contributed by atoms with Gasteiger partial charge in [0.25, 0.3) is 0 Å². The Morgan fingerprint density at radius 1 is 1.40 bits per heavy atom. The van der Waals surface area contributed by atoms with Gasteiger partial charge in [-0.15, -0.1) is 0 Å². The van der Waals surface area contributed by atoms with E-state index in [-0.39, 0.29) is 15.4 Å². The Hall–Kier alpha value is -1.62. The van der Waals surface area contributed by atoms with Crippen LogP contribution in [0.1, 0.15) is 42.3 Å². The van der Waals surface area contributed by atoms with E-state index >= 15 is 0 Å². The first kappa shape index (κ1) is 14.8. The lowest BCUT2D eigenvalue weighted by Gasteiger charge is -2.33. The second kappa shape index (κ2) is 4.45. The molecule has 1 aromatic rings. The molecule has 2 N–H and O–H groups in total. The third kappa shape index (κ3) is 2.06. The van der Waals surface area contributed by atoms with Crippen molar-refractivity contribution in [2.24, 2.45) is 11.1 Å². The van der Waals surface area contributed by atoms with Crippen LogP contribution in [0, 0.1) is 5.41 Å². The SMILES string of the molecule is C=C1C(C)(C)Cc2cc(CC)c(C(N)=O)cc2S1(=O)=O. The number of rotatable bonds is 2. The molecule has 1 aliphatic heterocycles. The van der Waals surface area contributed by atoms with Gasteiger partial charge in [-0.1, -0.05) is 33.4 Å². The van der Waals surface area contributed by atoms with Crippen LogP contribution in [0.4, 0.5) is 0 Å². The molecule has 4 nitrogen and oxygen atoms in total. The van der Waals surface area contributed by atoms with Crippen LogP contribution in [0.25, 0.3) is 0 Å². The molecule has 0 radical (unpaired) electrons. The first-order chi connectivity index (χ1) is 9.11. The number of sulfone groups is 1. The quantitative estimate of drug-likeness (QED) is 0.908. The van der Waals surface area contributed by atoms with E-state index in [0.717, 1.165) is 11.1 Å². The summed E-state index contributed by atoms with van der Waals surface area (Å²) in [5.74, 6) is -0.602. The molecule has 0 saturated carbocycles. The molecule has 1 amide bonds. The third-order valence-corrected chi connectivity index (χ3v) is 6.09. The zero-order valence-corrected chi connectivity index (χ0v) is 12.8. The highest BCUT2D eigenvalue weighted by Gasteiger charge is 2.40. The summed E-state index contributed by atoms with van der Waals surface area (Å²) in [5, 5.41) is 0. The van der Waals surface area contributed by atoms with Crippen molar-refractivity contribution in [1.82, 2.24) is 0 Å². The van der Waals surface area contributed by atoms with Gasteiger partial charge in [0.15, 0.2) is 0 Å². The third-order valence-electron chi connectivity index (χ3n) is 3.93. The first-order valence-electron chi connectivity index (χ1n) is 6.51. The van der Waals surface area contributed by atoms with E-state index in [9.17, 15) is 13.2 Å². The molecule has 1 heterocycles. The second-order valence-corrected chi connectivity index (χ2v) is 7.76. The van der Waals surface area contributed by atoms with E-state index in [2.05, 4.69) is 6.58 Å². The number of allylic oxidation sites excluding steroid dienone is 1. The van der Waals surface area contributed by atoms with Crippen molar-refractivity contribution in [3.05, 3.63) is 40.3 Å². The number of carbonyl (C=O) groups is 1. The summed E-state index contributed by atoms with van der Waals surface area (Å²) in [7, 11) is -3.61. The Morgan fingerprint density at radius 2 is 2.00 bits per heavy atom. The maximum Gasteiger partial charge on any atom is 0.249 e. The Labute approximate surface area is 119 Å². The lowest BCUT2D eigenvalue weighted by molar-refractivity contribution is 0.0999. The van der Waals surface area contributed by atoms with Crippen molar-refractivity contribution in [1.29, 1.82) is 0 Å². The smallest absolute Gasteiger partial charge is 0.249 e. The monoisotopic (exact) mass is 293 g/mol. The van der Waals surface area contributed by atoms with Gasteiger partial charge in [-0.25, -0.2) is 8.42 Å². The van der Waals surface area contributed by atoms with E-state index in [1.807, 2.05) is 20.8 Å². The number of nitrogens with two attached hydrogens (primary N) is 1. The van der Waals surface area contributed by atoms with Crippen LogP contribution < -0.4 is 5.73 Å². The minimum absolute atomic E-state index is 0.174. The minimum Gasteiger partial charge on any atom is -0.366 e. The zero-order valence-electron chi connectivity index (χ0n) is 12.0. The average Bonchev–Trinajstić information content (AvgIpc) is 2.34. The molecular weight excluding hydrogens is 274 g/mol. The minimum atomic E-state index is -3.61. The fourth-order valence-electron chi connectivity index (χ4n) is 2.66. The van der Waals surface area contributed by atoms with E-state index in [4.69, 9.17) is 5.73 Å². The lowest BCUT2D eigenvalue weighted by Crippen LogP contribution is -2.30. The number of benzene rings is 1. The summed E-state index contributed by atoms with van der Waals surface area (Å²) in [6.45, 7) is 9.37. The van der Waals surface area contributed by atoms with Crippen molar-refractivity contribution >= 4 is 15.7 Å². The van der Waals surface area contributed by atoms with Gasteiger partial charge in [-0.3, -0.25) is 4.79 Å². The van der Waals surface area contributed by atoms with Crippen molar-refractivity contribution in [2.75, 3.05) is 0 Å². The topological polar surface area (TPSA) is 77.2 Å². The van der Waals surface area contributed by atoms with Crippen LogP contribution >= 0.6 is 0 Å². The largest absolute Gasteiger partial charge is 0.366 e. The van der Waals surface area contributed by atoms with Crippen LogP contribution in [0.5, 0.6) is 0 Å². The highest BCUT2D eigenvalue weighted by atomic mass is 32.2. The summed E-state index contributed by atoms with van der Waals surface area (Å²) >= 11 is 0. The Bertz CT molecular complexity index is 715. The predicted molar refractivity (Wildman–Crippen MR) is 78.1 cm³/mol. The molecule has 0 atom stereocenters. The standard InChI is InChI=1S/C15H19NO3S/c1-5-10-6-11-8-15(3,4)9(2)20(18,19)13(11)7-12(10)14(16)17/h6-7H,2,5,8H2,1,3-4H3,(H2,16,17). The predicted octanol–water partition coefficient (Wildman–Crippen LogP) is 2.22. The molecule has 1 aromatic carbocycles. The fourth-order valence-corrected chi connectivity index (χ4v) is 4.47. The van der Waals surface area contributed by atoms with Gasteiger partial charge in [0.1, 0.15) is 0 Å². The van der Waals surface area contributed by atoms with Crippen molar-refractivity contribution < 1.29 is 13.2 Å². The van der Waals surface area contributed by atoms with Crippen LogP contribution in [0.3, 0.4) is 0 Å². The van der Waals surface area contributed by atoms with Gasteiger partial charge in [0, 0.05) is 15.9 Å². The van der Waals surface area contributed by atoms with Crippen molar-refractivity contribution in [3.63, 3.8) is 0 Å². The summed E-state index contributed by atoms with van der Waals surface area (Å²) in [6.07, 6.45) is 1.22. The van der Waals surface area contributed by atoms with Crippen LogP contribution in [0.2, 0.25) is 0 Å². The maximum absolute atomic E-state index is 12.5. The van der Waals surface area contributed by atoms with E-state index in [1.165, 1.54) is 6.07 Å². The number of fused-ring (bicyclic) bond motifs is 1. The van der Waals surface area contributed by atoms with Gasteiger partial charge < -0.3 is 5.73 Å². The number of hydrogen-bond acceptors (Lipinski definition) is 3. The molecule has 108 valence electrons. The summed E-state index contributed by atoms with van der Waals surface area (Å²) in [6, 6.07) is 3.20. The molecule has 0 aliphatic carbocycles. The Morgan fingerprint density at radius 3 is 2.50 bits per heavy atom. The van der Waals surface area contributed by atoms with Crippen LogP contribution in [-0.4, -0.2) is 14.3 Å². The Kier molecular flexibility index (Phi) is 3.29. The zero-order chi connectivity index (χ0) is 15.3. The summed E-state index contributed by atoms with van der Waals surface area (Å²) in [4.78, 5) is 11.9. The molecule has 20 heavy (non-hydrogen) atoms. The molecule has 0 bridgehead atoms. The molecule has 2 rings (SSSR count). The molecule has 5 heteroatoms. The van der Waals surface area contributed by atoms with E-state index in [1.54, 1.807) is 6.07 Å². The van der Waals surface area contributed by atoms with Crippen LogP contribution in [0.15, 0.2) is 28.5 Å². The van der Waals surface area contributed by atoms with Crippen molar-refractivity contribution in [3.8, 4) is 0 Å². The highest BCUT2D eigenvalue weighted by molar-refractivity contribution is 7.95. The van der Waals surface area contributed by atoms with Crippen molar-refractivity contribution in [2.45, 2.75) is 38.5 Å². The van der Waals surface area contributed by atoms with Gasteiger partial charge in [-0.2, -0.15) is 0 Å². The van der Waals surface area contributed by atoms with Crippen LogP contribution in [-0.2, 0) is 22.7 Å². The second-order valence-electron chi connectivity index (χ2n) is 5.82. The number of carbonyl (C=O) groups excluding carboxylic acids is 1. The fraction of sp³-hybridized carbons (Fsp3) is 0.400. The average molecular weight is 293 g/mol. The van der Waals surface area contributed by atoms with E-state index < -0.39 is 21.2 Å². The van der Waals surface area contributed by atoms with Gasteiger partial charge in [0.2, 0.25) is 15.7 Å². The molecule has 0 spiro atoms. The highest BCUT2D eigenvalue weighted by Crippen LogP contribution is 2.43. The summed E-state index contributed by atoms with van der Waals surface area (Å²) < 4.78 is 25.1. The molecule has 0 saturated heterocycles. The maximum atomic E-state index is 12.5. The van der Waals surface area contributed by atoms with Gasteiger partial charge in [-0.05, 0) is 30.0 Å². The Balaban J connectivity index is 2.80. The van der Waals surface area contributed by atoms with E-state index in [0.29, 0.717) is 12.8 Å². The number of primary amides is 1. The normalized spacial score (nSPS) is 19.4. The molecular formula is C15H19NO3S. The summed E-state index contributed by atoms with van der Waals surface area (Å²) in [5.41, 5.74) is 6.64.